The SMILES string of the molecule is O=c1c2ccccc2ncn1Cc1ccc(-c2ccc3ccccc3c2)cc1. The summed E-state index contributed by atoms with van der Waals surface area (Å²) in [5, 5.41) is 3.13. The molecule has 4 aromatic carbocycles. The summed E-state index contributed by atoms with van der Waals surface area (Å²) in [6.07, 6.45) is 1.63. The van der Waals surface area contributed by atoms with Crippen LogP contribution in [0.3, 0.4) is 0 Å². The van der Waals surface area contributed by atoms with Gasteiger partial charge in [0.25, 0.3) is 5.56 Å². The van der Waals surface area contributed by atoms with Crippen LogP contribution in [0.2, 0.25) is 0 Å². The highest BCUT2D eigenvalue weighted by Gasteiger charge is 2.05. The minimum atomic E-state index is -0.00999. The van der Waals surface area contributed by atoms with Crippen molar-refractivity contribution in [3.8, 4) is 11.1 Å². The van der Waals surface area contributed by atoms with Crippen molar-refractivity contribution in [2.45, 2.75) is 6.54 Å². The molecule has 0 fully saturated rings. The molecule has 5 rings (SSSR count). The third-order valence-electron chi connectivity index (χ3n) is 5.12. The Morgan fingerprint density at radius 2 is 1.43 bits per heavy atom. The first kappa shape index (κ1) is 16.5. The molecule has 3 nitrogen and oxygen atoms in total. The van der Waals surface area contributed by atoms with E-state index >= 15 is 0 Å². The highest BCUT2D eigenvalue weighted by Crippen LogP contribution is 2.24. The lowest BCUT2D eigenvalue weighted by atomic mass is 10.0. The molecule has 5 aromatic rings. The fraction of sp³-hybridized carbons (Fsp3) is 0.0400. The number of hydrogen-bond acceptors (Lipinski definition) is 2. The zero-order valence-electron chi connectivity index (χ0n) is 15.2. The van der Waals surface area contributed by atoms with Gasteiger partial charge in [-0.2, -0.15) is 0 Å². The van der Waals surface area contributed by atoms with Gasteiger partial charge >= 0.3 is 0 Å². The molecule has 0 radical (unpaired) electrons. The lowest BCUT2D eigenvalue weighted by Gasteiger charge is -2.09. The van der Waals surface area contributed by atoms with Crippen molar-refractivity contribution in [2.75, 3.05) is 0 Å². The molecular formula is C25H18N2O. The molecule has 134 valence electrons. The normalized spacial score (nSPS) is 11.1. The molecule has 3 heteroatoms. The predicted octanol–water partition coefficient (Wildman–Crippen LogP) is 5.27. The molecule has 0 amide bonds. The first-order chi connectivity index (χ1) is 13.8. The molecule has 0 unspecified atom stereocenters. The Balaban J connectivity index is 1.45. The summed E-state index contributed by atoms with van der Waals surface area (Å²) in [6.45, 7) is 0.509. The lowest BCUT2D eigenvalue weighted by Crippen LogP contribution is -2.21. The Kier molecular flexibility index (Phi) is 3.99. The Labute approximate surface area is 162 Å². The summed E-state index contributed by atoms with van der Waals surface area (Å²) in [4.78, 5) is 17.1. The van der Waals surface area contributed by atoms with Gasteiger partial charge < -0.3 is 0 Å². The average molecular weight is 362 g/mol. The third-order valence-corrected chi connectivity index (χ3v) is 5.12. The minimum absolute atomic E-state index is 0.00999. The van der Waals surface area contributed by atoms with Crippen molar-refractivity contribution in [3.05, 3.63) is 113 Å². The van der Waals surface area contributed by atoms with E-state index in [2.05, 4.69) is 71.7 Å². The first-order valence-electron chi connectivity index (χ1n) is 9.30. The van der Waals surface area contributed by atoms with E-state index in [9.17, 15) is 4.79 Å². The van der Waals surface area contributed by atoms with Crippen LogP contribution in [0.4, 0.5) is 0 Å². The third kappa shape index (κ3) is 2.97. The maximum absolute atomic E-state index is 12.7. The molecule has 0 saturated carbocycles. The van der Waals surface area contributed by atoms with Gasteiger partial charge in [0, 0.05) is 0 Å². The van der Waals surface area contributed by atoms with Gasteiger partial charge in [-0.25, -0.2) is 4.98 Å². The fourth-order valence-corrected chi connectivity index (χ4v) is 3.59. The van der Waals surface area contributed by atoms with Crippen molar-refractivity contribution in [1.29, 1.82) is 0 Å². The highest BCUT2D eigenvalue weighted by atomic mass is 16.1. The molecule has 0 spiro atoms. The molecule has 0 aliphatic carbocycles. The van der Waals surface area contributed by atoms with E-state index in [0.29, 0.717) is 11.9 Å². The molecule has 1 heterocycles. The van der Waals surface area contributed by atoms with Crippen molar-refractivity contribution in [2.24, 2.45) is 0 Å². The molecule has 0 aliphatic heterocycles. The van der Waals surface area contributed by atoms with Crippen LogP contribution in [0.15, 0.2) is 102 Å². The second-order valence-electron chi connectivity index (χ2n) is 6.95. The van der Waals surface area contributed by atoms with E-state index in [4.69, 9.17) is 0 Å². The van der Waals surface area contributed by atoms with E-state index in [1.807, 2.05) is 24.3 Å². The van der Waals surface area contributed by atoms with Crippen LogP contribution in [0.5, 0.6) is 0 Å². The summed E-state index contributed by atoms with van der Waals surface area (Å²) in [6, 6.07) is 30.7. The van der Waals surface area contributed by atoms with Crippen molar-refractivity contribution >= 4 is 21.7 Å². The van der Waals surface area contributed by atoms with Crippen LogP contribution in [0, 0.1) is 0 Å². The van der Waals surface area contributed by atoms with Crippen molar-refractivity contribution in [3.63, 3.8) is 0 Å². The molecule has 0 aliphatic rings. The van der Waals surface area contributed by atoms with E-state index in [0.717, 1.165) is 11.1 Å². The van der Waals surface area contributed by atoms with Crippen LogP contribution in [-0.4, -0.2) is 9.55 Å². The highest BCUT2D eigenvalue weighted by molar-refractivity contribution is 5.87. The molecule has 0 bridgehead atoms. The number of benzene rings is 4. The number of hydrogen-bond donors (Lipinski definition) is 0. The number of rotatable bonds is 3. The summed E-state index contributed by atoms with van der Waals surface area (Å²) in [5.41, 5.74) is 4.15. The van der Waals surface area contributed by atoms with E-state index in [-0.39, 0.29) is 5.56 Å². The zero-order valence-corrected chi connectivity index (χ0v) is 15.2. The average Bonchev–Trinajstić information content (AvgIpc) is 2.76. The van der Waals surface area contributed by atoms with Gasteiger partial charge in [0.1, 0.15) is 0 Å². The topological polar surface area (TPSA) is 34.9 Å². The van der Waals surface area contributed by atoms with E-state index < -0.39 is 0 Å². The maximum atomic E-state index is 12.7. The van der Waals surface area contributed by atoms with Gasteiger partial charge in [0.15, 0.2) is 0 Å². The van der Waals surface area contributed by atoms with Crippen LogP contribution in [-0.2, 0) is 6.54 Å². The largest absolute Gasteiger partial charge is 0.294 e. The smallest absolute Gasteiger partial charge is 0.261 e. The Morgan fingerprint density at radius 1 is 0.714 bits per heavy atom. The minimum Gasteiger partial charge on any atom is -0.294 e. The molecular weight excluding hydrogens is 344 g/mol. The summed E-state index contributed by atoms with van der Waals surface area (Å²) < 4.78 is 1.66. The van der Waals surface area contributed by atoms with Crippen LogP contribution < -0.4 is 5.56 Å². The van der Waals surface area contributed by atoms with E-state index in [1.165, 1.54) is 21.9 Å². The number of nitrogens with zero attached hydrogens (tertiary/aromatic N) is 2. The number of aromatic nitrogens is 2. The molecule has 1 aromatic heterocycles. The molecule has 0 atom stereocenters. The Hall–Kier alpha value is -3.72. The summed E-state index contributed by atoms with van der Waals surface area (Å²) in [5.74, 6) is 0. The zero-order chi connectivity index (χ0) is 18.9. The second kappa shape index (κ2) is 6.78. The number of fused-ring (bicyclic) bond motifs is 2. The van der Waals surface area contributed by atoms with Gasteiger partial charge in [-0.15, -0.1) is 0 Å². The fourth-order valence-electron chi connectivity index (χ4n) is 3.59. The lowest BCUT2D eigenvalue weighted by molar-refractivity contribution is 0.748. The maximum Gasteiger partial charge on any atom is 0.261 e. The summed E-state index contributed by atoms with van der Waals surface area (Å²) in [7, 11) is 0. The molecule has 0 saturated heterocycles. The van der Waals surface area contributed by atoms with Gasteiger partial charge in [-0.1, -0.05) is 72.8 Å². The Bertz CT molecular complexity index is 1350. The monoisotopic (exact) mass is 362 g/mol. The van der Waals surface area contributed by atoms with E-state index in [1.54, 1.807) is 10.9 Å². The quantitative estimate of drug-likeness (QED) is 0.438. The van der Waals surface area contributed by atoms with Gasteiger partial charge in [0.05, 0.1) is 23.8 Å². The Morgan fingerprint density at radius 3 is 2.29 bits per heavy atom. The predicted molar refractivity (Wildman–Crippen MR) is 114 cm³/mol. The van der Waals surface area contributed by atoms with Crippen molar-refractivity contribution in [1.82, 2.24) is 9.55 Å². The summed E-state index contributed by atoms with van der Waals surface area (Å²) >= 11 is 0. The van der Waals surface area contributed by atoms with Crippen molar-refractivity contribution < 1.29 is 0 Å². The second-order valence-corrected chi connectivity index (χ2v) is 6.95. The van der Waals surface area contributed by atoms with Gasteiger partial charge in [0.2, 0.25) is 0 Å². The van der Waals surface area contributed by atoms with Crippen LogP contribution in [0.1, 0.15) is 5.56 Å². The standard InChI is InChI=1S/C25H18N2O/c28-25-23-7-3-4-8-24(23)26-17-27(25)16-18-9-11-20(12-10-18)22-14-13-19-5-1-2-6-21(19)15-22/h1-15,17H,16H2. The molecule has 28 heavy (non-hydrogen) atoms. The van der Waals surface area contributed by atoms with Crippen LogP contribution >= 0.6 is 0 Å². The molecule has 0 N–H and O–H groups in total. The van der Waals surface area contributed by atoms with Gasteiger partial charge in [-0.05, 0) is 45.7 Å². The van der Waals surface area contributed by atoms with Crippen LogP contribution in [0.25, 0.3) is 32.8 Å². The van der Waals surface area contributed by atoms with Gasteiger partial charge in [-0.3, -0.25) is 9.36 Å². The first-order valence-corrected chi connectivity index (χ1v) is 9.30. The number of para-hydroxylation sites is 1.